The van der Waals surface area contributed by atoms with Gasteiger partial charge >= 0.3 is 0 Å². The molecule has 0 atom stereocenters. The Kier molecular flexibility index (Phi) is 2.49. The van der Waals surface area contributed by atoms with Crippen molar-refractivity contribution in [3.63, 3.8) is 0 Å². The van der Waals surface area contributed by atoms with Crippen LogP contribution in [0.2, 0.25) is 0 Å². The van der Waals surface area contributed by atoms with Crippen molar-refractivity contribution in [3.8, 4) is 0 Å². The van der Waals surface area contributed by atoms with E-state index in [2.05, 4.69) is 18.6 Å². The van der Waals surface area contributed by atoms with Crippen LogP contribution in [0.25, 0.3) is 0 Å². The summed E-state index contributed by atoms with van der Waals surface area (Å²) in [5.74, 6) is 0. The summed E-state index contributed by atoms with van der Waals surface area (Å²) in [5.41, 5.74) is 3.56. The number of hydrogen-bond donors (Lipinski definition) is 1. The lowest BCUT2D eigenvalue weighted by atomic mass is 9.90. The van der Waals surface area contributed by atoms with Crippen LogP contribution in [0.4, 0.5) is 5.69 Å². The molecular formula is C12H17NO2S. The molecule has 0 aromatic heterocycles. The zero-order valence-electron chi connectivity index (χ0n) is 9.87. The van der Waals surface area contributed by atoms with Gasteiger partial charge in [-0.2, -0.15) is 0 Å². The fourth-order valence-electron chi connectivity index (χ4n) is 2.33. The van der Waals surface area contributed by atoms with Gasteiger partial charge in [0.05, 0.1) is 6.26 Å². The van der Waals surface area contributed by atoms with Crippen LogP contribution >= 0.6 is 0 Å². The van der Waals surface area contributed by atoms with Crippen molar-refractivity contribution in [2.45, 2.75) is 26.7 Å². The highest BCUT2D eigenvalue weighted by Crippen LogP contribution is 2.37. The Morgan fingerprint density at radius 1 is 1.19 bits per heavy atom. The summed E-state index contributed by atoms with van der Waals surface area (Å²) in [5, 5.41) is 0. The Hall–Kier alpha value is -1.03. The molecule has 1 aliphatic rings. The molecule has 0 heterocycles. The third-order valence-corrected chi connectivity index (χ3v) is 3.45. The quantitative estimate of drug-likeness (QED) is 0.860. The van der Waals surface area contributed by atoms with Crippen LogP contribution in [0.1, 0.15) is 25.0 Å². The molecule has 0 unspecified atom stereocenters. The van der Waals surface area contributed by atoms with Crippen molar-refractivity contribution >= 4 is 15.7 Å². The maximum atomic E-state index is 11.1. The molecule has 0 spiro atoms. The second-order valence-corrected chi connectivity index (χ2v) is 7.12. The van der Waals surface area contributed by atoms with E-state index in [-0.39, 0.29) is 0 Å². The molecule has 88 valence electrons. The summed E-state index contributed by atoms with van der Waals surface area (Å²) in [6, 6.07) is 5.81. The predicted octanol–water partition coefficient (Wildman–Crippen LogP) is 2.18. The minimum absolute atomic E-state index is 0.298. The molecule has 1 aromatic rings. The molecule has 0 bridgehead atoms. The Morgan fingerprint density at radius 3 is 2.44 bits per heavy atom. The minimum atomic E-state index is -3.17. The Balaban J connectivity index is 2.30. The summed E-state index contributed by atoms with van der Waals surface area (Å²) in [7, 11) is -3.17. The van der Waals surface area contributed by atoms with Crippen LogP contribution in [0.5, 0.6) is 0 Å². The molecule has 1 aromatic carbocycles. The van der Waals surface area contributed by atoms with Gasteiger partial charge < -0.3 is 0 Å². The number of nitrogens with one attached hydrogen (secondary N) is 1. The van der Waals surface area contributed by atoms with Crippen LogP contribution in [0, 0.1) is 5.41 Å². The molecule has 4 heteroatoms. The van der Waals surface area contributed by atoms with Crippen LogP contribution in [0.3, 0.4) is 0 Å². The molecule has 0 amide bonds. The van der Waals surface area contributed by atoms with E-state index in [9.17, 15) is 8.42 Å². The lowest BCUT2D eigenvalue weighted by Gasteiger charge is -2.14. The number of benzene rings is 1. The first-order chi connectivity index (χ1) is 7.25. The van der Waals surface area contributed by atoms with Gasteiger partial charge in [0.1, 0.15) is 0 Å². The highest BCUT2D eigenvalue weighted by molar-refractivity contribution is 7.92. The topological polar surface area (TPSA) is 46.2 Å². The number of rotatable bonds is 2. The summed E-state index contributed by atoms with van der Waals surface area (Å²) in [6.45, 7) is 4.47. The molecule has 3 nitrogen and oxygen atoms in total. The van der Waals surface area contributed by atoms with E-state index in [0.29, 0.717) is 11.1 Å². The minimum Gasteiger partial charge on any atom is -0.284 e. The zero-order valence-corrected chi connectivity index (χ0v) is 10.7. The first-order valence-corrected chi connectivity index (χ1v) is 7.24. The van der Waals surface area contributed by atoms with Gasteiger partial charge in [-0.15, -0.1) is 0 Å². The van der Waals surface area contributed by atoms with E-state index in [1.807, 2.05) is 18.2 Å². The third kappa shape index (κ3) is 2.55. The van der Waals surface area contributed by atoms with Crippen LogP contribution < -0.4 is 4.72 Å². The fourth-order valence-corrected chi connectivity index (χ4v) is 2.89. The Labute approximate surface area is 96.9 Å². The molecular weight excluding hydrogens is 222 g/mol. The van der Waals surface area contributed by atoms with E-state index in [1.54, 1.807) is 0 Å². The van der Waals surface area contributed by atoms with Crippen LogP contribution in [0.15, 0.2) is 18.2 Å². The second kappa shape index (κ2) is 3.48. The Morgan fingerprint density at radius 2 is 1.81 bits per heavy atom. The van der Waals surface area contributed by atoms with Crippen molar-refractivity contribution < 1.29 is 8.42 Å². The van der Waals surface area contributed by atoms with E-state index >= 15 is 0 Å². The molecule has 1 aliphatic carbocycles. The molecule has 0 radical (unpaired) electrons. The summed E-state index contributed by atoms with van der Waals surface area (Å²) >= 11 is 0. The standard InChI is InChI=1S/C12H17NO2S/c1-12(2)7-9-4-5-11(6-10(9)8-12)13-16(3,14)15/h4-6,13H,7-8H2,1-3H3. The van der Waals surface area contributed by atoms with Gasteiger partial charge in [-0.05, 0) is 41.5 Å². The largest absolute Gasteiger partial charge is 0.284 e. The number of anilines is 1. The average molecular weight is 239 g/mol. The van der Waals surface area contributed by atoms with Crippen molar-refractivity contribution in [1.82, 2.24) is 0 Å². The van der Waals surface area contributed by atoms with E-state index in [1.165, 1.54) is 17.4 Å². The van der Waals surface area contributed by atoms with E-state index in [0.717, 1.165) is 12.8 Å². The number of fused-ring (bicyclic) bond motifs is 1. The van der Waals surface area contributed by atoms with Gasteiger partial charge in [-0.1, -0.05) is 19.9 Å². The van der Waals surface area contributed by atoms with Gasteiger partial charge in [0.25, 0.3) is 0 Å². The highest BCUT2D eigenvalue weighted by atomic mass is 32.2. The van der Waals surface area contributed by atoms with Gasteiger partial charge in [0, 0.05) is 5.69 Å². The summed E-state index contributed by atoms with van der Waals surface area (Å²) < 4.78 is 24.7. The lowest BCUT2D eigenvalue weighted by molar-refractivity contribution is 0.392. The second-order valence-electron chi connectivity index (χ2n) is 5.38. The SMILES string of the molecule is CC1(C)Cc2ccc(NS(C)(=O)=O)cc2C1. The van der Waals surface area contributed by atoms with Crippen molar-refractivity contribution in [3.05, 3.63) is 29.3 Å². The van der Waals surface area contributed by atoms with Gasteiger partial charge in [0.2, 0.25) is 10.0 Å². The summed E-state index contributed by atoms with van der Waals surface area (Å²) in [4.78, 5) is 0. The molecule has 0 saturated heterocycles. The maximum absolute atomic E-state index is 11.1. The van der Waals surface area contributed by atoms with Gasteiger partial charge in [-0.25, -0.2) is 8.42 Å². The molecule has 2 rings (SSSR count). The maximum Gasteiger partial charge on any atom is 0.229 e. The number of hydrogen-bond acceptors (Lipinski definition) is 2. The first kappa shape index (κ1) is 11.5. The average Bonchev–Trinajstić information content (AvgIpc) is 2.34. The van der Waals surface area contributed by atoms with E-state index < -0.39 is 10.0 Å². The van der Waals surface area contributed by atoms with Crippen LogP contribution in [-0.4, -0.2) is 14.7 Å². The molecule has 1 N–H and O–H groups in total. The van der Waals surface area contributed by atoms with Crippen molar-refractivity contribution in [2.24, 2.45) is 5.41 Å². The van der Waals surface area contributed by atoms with Crippen molar-refractivity contribution in [1.29, 1.82) is 0 Å². The molecule has 0 saturated carbocycles. The molecule has 0 aliphatic heterocycles. The number of sulfonamides is 1. The smallest absolute Gasteiger partial charge is 0.229 e. The summed E-state index contributed by atoms with van der Waals surface area (Å²) in [6.07, 6.45) is 3.26. The van der Waals surface area contributed by atoms with Gasteiger partial charge in [-0.3, -0.25) is 4.72 Å². The third-order valence-electron chi connectivity index (χ3n) is 2.85. The normalized spacial score (nSPS) is 18.2. The van der Waals surface area contributed by atoms with Crippen LogP contribution in [-0.2, 0) is 22.9 Å². The van der Waals surface area contributed by atoms with Crippen molar-refractivity contribution in [2.75, 3.05) is 11.0 Å². The van der Waals surface area contributed by atoms with E-state index in [4.69, 9.17) is 0 Å². The lowest BCUT2D eigenvalue weighted by Crippen LogP contribution is -2.10. The monoisotopic (exact) mass is 239 g/mol. The zero-order chi connectivity index (χ0) is 12.0. The fraction of sp³-hybridized carbons (Fsp3) is 0.500. The predicted molar refractivity (Wildman–Crippen MR) is 66.1 cm³/mol. The molecule has 0 fully saturated rings. The highest BCUT2D eigenvalue weighted by Gasteiger charge is 2.28. The first-order valence-electron chi connectivity index (χ1n) is 5.35. The van der Waals surface area contributed by atoms with Gasteiger partial charge in [0.15, 0.2) is 0 Å². The Bertz CT molecular complexity index is 518. The molecule has 16 heavy (non-hydrogen) atoms.